The first-order chi connectivity index (χ1) is 9.61. The molecule has 0 spiro atoms. The fraction of sp³-hybridized carbons (Fsp3) is 0.400. The van der Waals surface area contributed by atoms with Gasteiger partial charge in [0, 0.05) is 12.1 Å². The summed E-state index contributed by atoms with van der Waals surface area (Å²) in [4.78, 5) is 1.95. The molecule has 0 unspecified atom stereocenters. The Morgan fingerprint density at radius 3 is 3.00 bits per heavy atom. The predicted octanol–water partition coefficient (Wildman–Crippen LogP) is 1.82. The number of hydrogen-bond donors (Lipinski definition) is 2. The summed E-state index contributed by atoms with van der Waals surface area (Å²) in [5.74, 6) is 0.748. The predicted molar refractivity (Wildman–Crippen MR) is 81.4 cm³/mol. The molecule has 106 valence electrons. The van der Waals surface area contributed by atoms with Gasteiger partial charge in [0.1, 0.15) is 5.75 Å². The van der Waals surface area contributed by atoms with E-state index < -0.39 is 5.72 Å². The number of aliphatic hydroxyl groups excluding tert-OH is 1. The van der Waals surface area contributed by atoms with Crippen LogP contribution >= 0.6 is 12.2 Å². The quantitative estimate of drug-likeness (QED) is 0.657. The molecule has 2 N–H and O–H groups in total. The lowest BCUT2D eigenvalue weighted by Gasteiger charge is -2.56. The third-order valence-electron chi connectivity index (χ3n) is 4.23. The molecule has 3 atom stereocenters. The van der Waals surface area contributed by atoms with Gasteiger partial charge in [-0.1, -0.05) is 24.3 Å². The number of para-hydroxylation sites is 1. The van der Waals surface area contributed by atoms with Crippen LogP contribution in [0.4, 0.5) is 0 Å². The number of hydrogen-bond acceptors (Lipinski definition) is 3. The molecule has 20 heavy (non-hydrogen) atoms. The topological polar surface area (TPSA) is 44.7 Å². The summed E-state index contributed by atoms with van der Waals surface area (Å²) in [6.07, 6.45) is 1.79. The van der Waals surface area contributed by atoms with Crippen LogP contribution in [0.15, 0.2) is 36.9 Å². The first-order valence-corrected chi connectivity index (χ1v) is 7.10. The Morgan fingerprint density at radius 2 is 2.30 bits per heavy atom. The summed E-state index contributed by atoms with van der Waals surface area (Å²) >= 11 is 5.45. The second kappa shape index (κ2) is 4.75. The number of benzene rings is 1. The normalized spacial score (nSPS) is 31.1. The van der Waals surface area contributed by atoms with Crippen molar-refractivity contribution in [2.45, 2.75) is 18.7 Å². The van der Waals surface area contributed by atoms with Gasteiger partial charge in [0.2, 0.25) is 0 Å². The van der Waals surface area contributed by atoms with E-state index in [9.17, 15) is 5.11 Å². The SMILES string of the molecule is C=CCN1C(=S)N[C@@H]2c3ccccc3O[C@@]1(C)[C@@H]2CO. The number of ether oxygens (including phenoxy) is 1. The standard InChI is InChI=1S/C15H18N2O2S/c1-3-8-17-14(20)16-13-10-6-4-5-7-12(10)19-15(17,2)11(13)9-18/h3-7,11,13,18H,1,8-9H2,2H3,(H,16,20)/t11-,13-,15+/m1/s1. The molecule has 0 aromatic heterocycles. The first-order valence-electron chi connectivity index (χ1n) is 6.69. The Bertz CT molecular complexity index is 563. The molecule has 0 aliphatic carbocycles. The molecule has 0 radical (unpaired) electrons. The molecule has 4 nitrogen and oxygen atoms in total. The van der Waals surface area contributed by atoms with Gasteiger partial charge in [0.25, 0.3) is 0 Å². The largest absolute Gasteiger partial charge is 0.467 e. The van der Waals surface area contributed by atoms with Crippen LogP contribution in [0.2, 0.25) is 0 Å². The molecular weight excluding hydrogens is 272 g/mol. The zero-order chi connectivity index (χ0) is 14.3. The van der Waals surface area contributed by atoms with Gasteiger partial charge >= 0.3 is 0 Å². The van der Waals surface area contributed by atoms with Crippen LogP contribution in [0.1, 0.15) is 18.5 Å². The number of nitrogens with zero attached hydrogens (tertiary/aromatic N) is 1. The zero-order valence-corrected chi connectivity index (χ0v) is 12.2. The van der Waals surface area contributed by atoms with E-state index in [-0.39, 0.29) is 18.6 Å². The average molecular weight is 290 g/mol. The average Bonchev–Trinajstić information content (AvgIpc) is 2.43. The zero-order valence-electron chi connectivity index (χ0n) is 11.4. The van der Waals surface area contributed by atoms with Crippen molar-refractivity contribution in [2.75, 3.05) is 13.2 Å². The molecule has 0 amide bonds. The van der Waals surface area contributed by atoms with E-state index in [2.05, 4.69) is 11.9 Å². The van der Waals surface area contributed by atoms with Crippen LogP contribution in [0.5, 0.6) is 5.75 Å². The van der Waals surface area contributed by atoms with Crippen molar-refractivity contribution in [3.8, 4) is 5.75 Å². The van der Waals surface area contributed by atoms with Crippen molar-refractivity contribution in [1.82, 2.24) is 10.2 Å². The highest BCUT2D eigenvalue weighted by atomic mass is 32.1. The Morgan fingerprint density at radius 1 is 1.55 bits per heavy atom. The van der Waals surface area contributed by atoms with Gasteiger partial charge in [-0.25, -0.2) is 0 Å². The summed E-state index contributed by atoms with van der Waals surface area (Å²) in [6.45, 7) is 6.36. The van der Waals surface area contributed by atoms with Crippen molar-refractivity contribution in [3.63, 3.8) is 0 Å². The molecule has 1 aromatic carbocycles. The second-order valence-corrected chi connectivity index (χ2v) is 5.70. The number of fused-ring (bicyclic) bond motifs is 4. The summed E-state index contributed by atoms with van der Waals surface area (Å²) in [5.41, 5.74) is 0.384. The van der Waals surface area contributed by atoms with Gasteiger partial charge in [-0.3, -0.25) is 0 Å². The van der Waals surface area contributed by atoms with Crippen LogP contribution in [0, 0.1) is 5.92 Å². The van der Waals surface area contributed by atoms with Crippen LogP contribution in [0.3, 0.4) is 0 Å². The van der Waals surface area contributed by atoms with Gasteiger partial charge in [0.05, 0.1) is 18.6 Å². The Kier molecular flexibility index (Phi) is 3.18. The Hall–Kier alpha value is -1.59. The summed E-state index contributed by atoms with van der Waals surface area (Å²) in [5, 5.41) is 13.8. The minimum atomic E-state index is -0.662. The van der Waals surface area contributed by atoms with E-state index in [4.69, 9.17) is 17.0 Å². The van der Waals surface area contributed by atoms with E-state index in [1.807, 2.05) is 36.1 Å². The molecule has 1 fully saturated rings. The van der Waals surface area contributed by atoms with Gasteiger partial charge in [0.15, 0.2) is 10.8 Å². The van der Waals surface area contributed by atoms with Gasteiger partial charge < -0.3 is 20.1 Å². The third kappa shape index (κ3) is 1.73. The summed E-state index contributed by atoms with van der Waals surface area (Å²) < 4.78 is 6.22. The lowest BCUT2D eigenvalue weighted by molar-refractivity contribution is -0.126. The number of thiocarbonyl (C=S) groups is 1. The van der Waals surface area contributed by atoms with Crippen molar-refractivity contribution < 1.29 is 9.84 Å². The second-order valence-electron chi connectivity index (χ2n) is 5.31. The number of aliphatic hydroxyl groups is 1. The molecule has 2 bridgehead atoms. The monoisotopic (exact) mass is 290 g/mol. The van der Waals surface area contributed by atoms with Crippen LogP contribution < -0.4 is 10.1 Å². The molecule has 2 heterocycles. The molecule has 3 rings (SSSR count). The maximum atomic E-state index is 9.84. The summed E-state index contributed by atoms with van der Waals surface area (Å²) in [6, 6.07) is 7.87. The van der Waals surface area contributed by atoms with E-state index in [1.54, 1.807) is 6.08 Å². The van der Waals surface area contributed by atoms with Gasteiger partial charge in [-0.2, -0.15) is 0 Å². The molecule has 2 aliphatic heterocycles. The fourth-order valence-electron chi connectivity index (χ4n) is 3.17. The molecule has 0 saturated carbocycles. The summed E-state index contributed by atoms with van der Waals surface area (Å²) in [7, 11) is 0. The van der Waals surface area contributed by atoms with Crippen LogP contribution in [-0.4, -0.2) is 34.0 Å². The smallest absolute Gasteiger partial charge is 0.189 e. The van der Waals surface area contributed by atoms with E-state index in [0.717, 1.165) is 11.3 Å². The van der Waals surface area contributed by atoms with Crippen molar-refractivity contribution in [3.05, 3.63) is 42.5 Å². The highest BCUT2D eigenvalue weighted by Gasteiger charge is 2.54. The Labute approximate surface area is 124 Å². The van der Waals surface area contributed by atoms with Crippen molar-refractivity contribution in [2.24, 2.45) is 5.92 Å². The molecule has 5 heteroatoms. The number of nitrogens with one attached hydrogen (secondary N) is 1. The molecule has 2 aliphatic rings. The Balaban J connectivity index is 2.12. The highest BCUT2D eigenvalue weighted by molar-refractivity contribution is 7.80. The molecule has 1 saturated heterocycles. The maximum absolute atomic E-state index is 9.84. The third-order valence-corrected chi connectivity index (χ3v) is 4.57. The van der Waals surface area contributed by atoms with Crippen LogP contribution in [0.25, 0.3) is 0 Å². The molecule has 1 aromatic rings. The van der Waals surface area contributed by atoms with Crippen molar-refractivity contribution >= 4 is 17.3 Å². The van der Waals surface area contributed by atoms with Crippen LogP contribution in [-0.2, 0) is 0 Å². The first kappa shape index (κ1) is 13.4. The lowest BCUT2D eigenvalue weighted by atomic mass is 9.80. The van der Waals surface area contributed by atoms with Crippen molar-refractivity contribution in [1.29, 1.82) is 0 Å². The van der Waals surface area contributed by atoms with Gasteiger partial charge in [-0.15, -0.1) is 6.58 Å². The van der Waals surface area contributed by atoms with E-state index in [1.165, 1.54) is 0 Å². The minimum Gasteiger partial charge on any atom is -0.467 e. The van der Waals surface area contributed by atoms with Gasteiger partial charge in [-0.05, 0) is 25.2 Å². The lowest BCUT2D eigenvalue weighted by Crippen LogP contribution is -2.70. The highest BCUT2D eigenvalue weighted by Crippen LogP contribution is 2.47. The molecular formula is C15H18N2O2S. The number of rotatable bonds is 3. The maximum Gasteiger partial charge on any atom is 0.189 e. The fourth-order valence-corrected chi connectivity index (χ4v) is 3.55. The van der Waals surface area contributed by atoms with E-state index >= 15 is 0 Å². The minimum absolute atomic E-state index is 0.0245. The van der Waals surface area contributed by atoms with E-state index in [0.29, 0.717) is 11.7 Å².